The topological polar surface area (TPSA) is 95.5 Å². The van der Waals surface area contributed by atoms with E-state index in [2.05, 4.69) is 10.6 Å². The van der Waals surface area contributed by atoms with E-state index in [-0.39, 0.29) is 12.1 Å². The Labute approximate surface area is 157 Å². The van der Waals surface area contributed by atoms with E-state index in [1.54, 1.807) is 55.5 Å². The lowest BCUT2D eigenvalue weighted by Crippen LogP contribution is -2.44. The minimum atomic E-state index is -1.13. The summed E-state index contributed by atoms with van der Waals surface area (Å²) < 4.78 is 0. The van der Waals surface area contributed by atoms with E-state index in [1.165, 1.54) is 6.08 Å². The first-order valence-electron chi connectivity index (χ1n) is 8.59. The molecular formula is C21H22N2O4. The second-order valence-electron chi connectivity index (χ2n) is 6.06. The van der Waals surface area contributed by atoms with Gasteiger partial charge in [-0.05, 0) is 37.1 Å². The van der Waals surface area contributed by atoms with Crippen molar-refractivity contribution in [3.8, 4) is 0 Å². The number of aryl methyl sites for hydroxylation is 1. The third kappa shape index (κ3) is 5.81. The van der Waals surface area contributed by atoms with Crippen LogP contribution in [0.3, 0.4) is 0 Å². The molecule has 0 fully saturated rings. The highest BCUT2D eigenvalue weighted by Crippen LogP contribution is 2.09. The second-order valence-corrected chi connectivity index (χ2v) is 6.06. The number of carbonyl (C=O) groups is 3. The van der Waals surface area contributed by atoms with E-state index in [9.17, 15) is 14.4 Å². The van der Waals surface area contributed by atoms with Gasteiger partial charge in [0.1, 0.15) is 11.7 Å². The first-order chi connectivity index (χ1) is 12.9. The fraction of sp³-hybridized carbons (Fsp3) is 0.190. The minimum Gasteiger partial charge on any atom is -0.480 e. The highest BCUT2D eigenvalue weighted by atomic mass is 16.4. The molecule has 0 saturated heterocycles. The molecule has 6 nitrogen and oxygen atoms in total. The van der Waals surface area contributed by atoms with Crippen molar-refractivity contribution in [3.63, 3.8) is 0 Å². The van der Waals surface area contributed by atoms with Gasteiger partial charge in [-0.3, -0.25) is 9.59 Å². The van der Waals surface area contributed by atoms with Gasteiger partial charge in [-0.2, -0.15) is 0 Å². The molecule has 0 unspecified atom stereocenters. The SMILES string of the molecule is CC[C@H](NC(=O)/C(=C\c1ccccc1)NC(=O)c1ccc(C)cc1)C(=O)O. The average molecular weight is 366 g/mol. The first kappa shape index (κ1) is 19.9. The summed E-state index contributed by atoms with van der Waals surface area (Å²) in [6.45, 7) is 3.57. The van der Waals surface area contributed by atoms with Gasteiger partial charge in [0.15, 0.2) is 0 Å². The third-order valence-corrected chi connectivity index (χ3v) is 3.93. The molecule has 0 aliphatic heterocycles. The number of carboxylic acids is 1. The Morgan fingerprint density at radius 3 is 2.22 bits per heavy atom. The van der Waals surface area contributed by atoms with Crippen LogP contribution in [0.2, 0.25) is 0 Å². The number of benzene rings is 2. The summed E-state index contributed by atoms with van der Waals surface area (Å²) in [7, 11) is 0. The number of hydrogen-bond acceptors (Lipinski definition) is 3. The monoisotopic (exact) mass is 366 g/mol. The van der Waals surface area contributed by atoms with Crippen molar-refractivity contribution in [2.75, 3.05) is 0 Å². The molecule has 0 aliphatic carbocycles. The molecule has 0 saturated carbocycles. The Morgan fingerprint density at radius 1 is 1.04 bits per heavy atom. The molecule has 0 radical (unpaired) electrons. The molecule has 3 N–H and O–H groups in total. The van der Waals surface area contributed by atoms with Crippen molar-refractivity contribution in [2.45, 2.75) is 26.3 Å². The molecule has 6 heteroatoms. The zero-order chi connectivity index (χ0) is 19.8. The van der Waals surface area contributed by atoms with Crippen LogP contribution in [-0.4, -0.2) is 28.9 Å². The van der Waals surface area contributed by atoms with Crippen LogP contribution in [0.25, 0.3) is 6.08 Å². The van der Waals surface area contributed by atoms with Gasteiger partial charge in [0.05, 0.1) is 0 Å². The quantitative estimate of drug-likeness (QED) is 0.657. The Morgan fingerprint density at radius 2 is 1.67 bits per heavy atom. The number of nitrogens with one attached hydrogen (secondary N) is 2. The van der Waals surface area contributed by atoms with Crippen molar-refractivity contribution >= 4 is 23.9 Å². The summed E-state index contributed by atoms with van der Waals surface area (Å²) in [4.78, 5) is 36.3. The maximum absolute atomic E-state index is 12.6. The number of hydrogen-bond donors (Lipinski definition) is 3. The van der Waals surface area contributed by atoms with Crippen LogP contribution in [0.4, 0.5) is 0 Å². The number of rotatable bonds is 7. The summed E-state index contributed by atoms with van der Waals surface area (Å²) in [6.07, 6.45) is 1.74. The van der Waals surface area contributed by atoms with E-state index in [0.717, 1.165) is 5.56 Å². The maximum atomic E-state index is 12.6. The molecule has 2 aromatic rings. The van der Waals surface area contributed by atoms with Gasteiger partial charge >= 0.3 is 5.97 Å². The van der Waals surface area contributed by atoms with Gasteiger partial charge in [0, 0.05) is 5.56 Å². The average Bonchev–Trinajstić information content (AvgIpc) is 2.66. The highest BCUT2D eigenvalue weighted by Gasteiger charge is 2.21. The van der Waals surface area contributed by atoms with Gasteiger partial charge < -0.3 is 15.7 Å². The summed E-state index contributed by atoms with van der Waals surface area (Å²) in [6, 6.07) is 14.9. The van der Waals surface area contributed by atoms with Crippen molar-refractivity contribution < 1.29 is 19.5 Å². The van der Waals surface area contributed by atoms with Gasteiger partial charge in [0.25, 0.3) is 11.8 Å². The second kappa shape index (κ2) is 9.33. The summed E-state index contributed by atoms with van der Waals surface area (Å²) >= 11 is 0. The van der Waals surface area contributed by atoms with Crippen LogP contribution in [0.15, 0.2) is 60.3 Å². The van der Waals surface area contributed by atoms with E-state index in [1.807, 2.05) is 13.0 Å². The first-order valence-corrected chi connectivity index (χ1v) is 8.59. The fourth-order valence-corrected chi connectivity index (χ4v) is 2.35. The van der Waals surface area contributed by atoms with Crippen molar-refractivity contribution in [3.05, 3.63) is 77.0 Å². The number of amides is 2. The van der Waals surface area contributed by atoms with Gasteiger partial charge in [0.2, 0.25) is 0 Å². The van der Waals surface area contributed by atoms with E-state index in [0.29, 0.717) is 11.1 Å². The Kier molecular flexibility index (Phi) is 6.88. The van der Waals surface area contributed by atoms with Crippen LogP contribution in [0.1, 0.15) is 34.8 Å². The molecule has 0 aromatic heterocycles. The lowest BCUT2D eigenvalue weighted by molar-refractivity contribution is -0.141. The Hall–Kier alpha value is -3.41. The molecule has 1 atom stereocenters. The maximum Gasteiger partial charge on any atom is 0.326 e. The third-order valence-electron chi connectivity index (χ3n) is 3.93. The zero-order valence-electron chi connectivity index (χ0n) is 15.2. The van der Waals surface area contributed by atoms with Crippen molar-refractivity contribution in [1.29, 1.82) is 0 Å². The summed E-state index contributed by atoms with van der Waals surface area (Å²) in [5, 5.41) is 14.2. The van der Waals surface area contributed by atoms with Crippen LogP contribution in [-0.2, 0) is 9.59 Å². The minimum absolute atomic E-state index is 0.0218. The number of carbonyl (C=O) groups excluding carboxylic acids is 2. The van der Waals surface area contributed by atoms with Crippen LogP contribution >= 0.6 is 0 Å². The van der Waals surface area contributed by atoms with E-state index in [4.69, 9.17) is 5.11 Å². The Bertz CT molecular complexity index is 842. The van der Waals surface area contributed by atoms with Crippen LogP contribution in [0.5, 0.6) is 0 Å². The van der Waals surface area contributed by atoms with E-state index >= 15 is 0 Å². The fourth-order valence-electron chi connectivity index (χ4n) is 2.35. The molecule has 140 valence electrons. The van der Waals surface area contributed by atoms with Crippen molar-refractivity contribution in [1.82, 2.24) is 10.6 Å². The summed E-state index contributed by atoms with van der Waals surface area (Å²) in [5.41, 5.74) is 2.09. The largest absolute Gasteiger partial charge is 0.480 e. The molecule has 0 spiro atoms. The predicted octanol–water partition coefficient (Wildman–Crippen LogP) is 2.75. The molecule has 0 bridgehead atoms. The summed E-state index contributed by atoms with van der Waals surface area (Å²) in [5.74, 6) is -2.24. The highest BCUT2D eigenvalue weighted by molar-refractivity contribution is 6.06. The number of aliphatic carboxylic acids is 1. The normalized spacial score (nSPS) is 12.1. The van der Waals surface area contributed by atoms with Crippen LogP contribution in [0, 0.1) is 6.92 Å². The van der Waals surface area contributed by atoms with Crippen LogP contribution < -0.4 is 10.6 Å². The lowest BCUT2D eigenvalue weighted by Gasteiger charge is -2.15. The molecule has 0 heterocycles. The van der Waals surface area contributed by atoms with Gasteiger partial charge in [-0.15, -0.1) is 0 Å². The van der Waals surface area contributed by atoms with Gasteiger partial charge in [-0.25, -0.2) is 4.79 Å². The molecule has 0 aliphatic rings. The molecule has 27 heavy (non-hydrogen) atoms. The standard InChI is InChI=1S/C21H22N2O4/c1-3-17(21(26)27)22-20(25)18(13-15-7-5-4-6-8-15)23-19(24)16-11-9-14(2)10-12-16/h4-13,17H,3H2,1-2H3,(H,22,25)(H,23,24)(H,26,27)/b18-13+/t17-/m0/s1. The molecule has 2 amide bonds. The van der Waals surface area contributed by atoms with Gasteiger partial charge in [-0.1, -0.05) is 55.0 Å². The van der Waals surface area contributed by atoms with Crippen molar-refractivity contribution in [2.24, 2.45) is 0 Å². The smallest absolute Gasteiger partial charge is 0.326 e. The zero-order valence-corrected chi connectivity index (χ0v) is 15.2. The molecule has 2 rings (SSSR count). The Balaban J connectivity index is 2.28. The van der Waals surface area contributed by atoms with E-state index < -0.39 is 23.8 Å². The molecular weight excluding hydrogens is 344 g/mol. The number of carboxylic acid groups (broad SMARTS) is 1. The molecule has 2 aromatic carbocycles. The lowest BCUT2D eigenvalue weighted by atomic mass is 10.1. The predicted molar refractivity (Wildman–Crippen MR) is 103 cm³/mol.